The lowest BCUT2D eigenvalue weighted by molar-refractivity contribution is -0.129. The standard InChI is InChI=1S/C14H22N2O2S2/c1-4-5-11-14(17)16(8-9-20(3)18)13(15-11)12-7-6-10(2)19-12/h6-7,11,13,15H,4-5,8-9H2,1-3H3. The number of hydrogen-bond acceptors (Lipinski definition) is 4. The van der Waals surface area contributed by atoms with E-state index in [4.69, 9.17) is 0 Å². The molecule has 0 bridgehead atoms. The highest BCUT2D eigenvalue weighted by atomic mass is 32.2. The van der Waals surface area contributed by atoms with Gasteiger partial charge in [-0.15, -0.1) is 11.3 Å². The molecule has 1 fully saturated rings. The monoisotopic (exact) mass is 314 g/mol. The van der Waals surface area contributed by atoms with Crippen LogP contribution >= 0.6 is 11.3 Å². The van der Waals surface area contributed by atoms with Crippen molar-refractivity contribution < 1.29 is 9.00 Å². The van der Waals surface area contributed by atoms with E-state index in [2.05, 4.69) is 31.3 Å². The molecular formula is C14H22N2O2S2. The molecule has 0 spiro atoms. The highest BCUT2D eigenvalue weighted by Gasteiger charge is 2.39. The molecule has 2 rings (SSSR count). The lowest BCUT2D eigenvalue weighted by Crippen LogP contribution is -2.34. The summed E-state index contributed by atoms with van der Waals surface area (Å²) in [5, 5.41) is 3.43. The highest BCUT2D eigenvalue weighted by Crippen LogP contribution is 2.31. The second-order valence-electron chi connectivity index (χ2n) is 5.17. The Labute approximate surface area is 127 Å². The van der Waals surface area contributed by atoms with Gasteiger partial charge in [-0.2, -0.15) is 0 Å². The predicted octanol–water partition coefficient (Wildman–Crippen LogP) is 2.03. The molecule has 0 aliphatic carbocycles. The van der Waals surface area contributed by atoms with Crippen molar-refractivity contribution in [1.82, 2.24) is 10.2 Å². The molecule has 0 saturated carbocycles. The number of nitrogens with zero attached hydrogens (tertiary/aromatic N) is 1. The maximum absolute atomic E-state index is 12.5. The summed E-state index contributed by atoms with van der Waals surface area (Å²) >= 11 is 1.71. The fraction of sp³-hybridized carbons (Fsp3) is 0.643. The normalized spacial score (nSPS) is 24.4. The maximum Gasteiger partial charge on any atom is 0.241 e. The first-order valence-electron chi connectivity index (χ1n) is 6.95. The Kier molecular flexibility index (Phi) is 5.35. The lowest BCUT2D eigenvalue weighted by atomic mass is 10.2. The number of carbonyl (C=O) groups is 1. The third kappa shape index (κ3) is 3.48. The summed E-state index contributed by atoms with van der Waals surface area (Å²) in [5.41, 5.74) is 0. The maximum atomic E-state index is 12.5. The highest BCUT2D eigenvalue weighted by molar-refractivity contribution is 7.84. The molecule has 3 atom stereocenters. The number of carbonyl (C=O) groups excluding carboxylic acids is 1. The summed E-state index contributed by atoms with van der Waals surface area (Å²) in [6, 6.07) is 4.06. The van der Waals surface area contributed by atoms with Crippen LogP contribution in [0.5, 0.6) is 0 Å². The second-order valence-corrected chi connectivity index (χ2v) is 8.04. The molecule has 1 aliphatic rings. The zero-order chi connectivity index (χ0) is 14.7. The Morgan fingerprint density at radius 2 is 2.20 bits per heavy atom. The third-order valence-corrected chi connectivity index (χ3v) is 5.29. The van der Waals surface area contributed by atoms with Crippen LogP contribution in [0.4, 0.5) is 0 Å². The number of rotatable bonds is 6. The van der Waals surface area contributed by atoms with E-state index in [1.807, 2.05) is 4.90 Å². The molecule has 1 aromatic rings. The summed E-state index contributed by atoms with van der Waals surface area (Å²) in [6.45, 7) is 4.71. The molecule has 3 unspecified atom stereocenters. The van der Waals surface area contributed by atoms with Crippen LogP contribution in [-0.2, 0) is 15.6 Å². The zero-order valence-electron chi connectivity index (χ0n) is 12.2. The van der Waals surface area contributed by atoms with Gasteiger partial charge in [0, 0.05) is 39.1 Å². The molecule has 20 heavy (non-hydrogen) atoms. The Balaban J connectivity index is 2.17. The average Bonchev–Trinajstić information content (AvgIpc) is 2.93. The first-order valence-corrected chi connectivity index (χ1v) is 9.50. The first kappa shape index (κ1) is 15.7. The number of amides is 1. The van der Waals surface area contributed by atoms with E-state index in [1.54, 1.807) is 17.6 Å². The summed E-state index contributed by atoms with van der Waals surface area (Å²) in [4.78, 5) is 16.7. The van der Waals surface area contributed by atoms with Crippen LogP contribution in [0.3, 0.4) is 0 Å². The average molecular weight is 314 g/mol. The summed E-state index contributed by atoms with van der Waals surface area (Å²) in [5.74, 6) is 0.681. The number of aryl methyl sites for hydroxylation is 1. The number of nitrogens with one attached hydrogen (secondary N) is 1. The van der Waals surface area contributed by atoms with E-state index in [9.17, 15) is 9.00 Å². The Morgan fingerprint density at radius 1 is 1.45 bits per heavy atom. The van der Waals surface area contributed by atoms with Crippen molar-refractivity contribution in [2.24, 2.45) is 0 Å². The van der Waals surface area contributed by atoms with E-state index in [1.165, 1.54) is 4.88 Å². The molecule has 2 heterocycles. The molecule has 112 valence electrons. The van der Waals surface area contributed by atoms with Gasteiger partial charge in [0.2, 0.25) is 5.91 Å². The van der Waals surface area contributed by atoms with Crippen molar-refractivity contribution in [2.45, 2.75) is 38.9 Å². The van der Waals surface area contributed by atoms with Gasteiger partial charge < -0.3 is 4.90 Å². The Hall–Kier alpha value is -0.720. The fourth-order valence-corrected chi connectivity index (χ4v) is 3.88. The second kappa shape index (κ2) is 6.83. The minimum absolute atomic E-state index is 0.0544. The SMILES string of the molecule is CCCC1NC(c2ccc(C)s2)N(CCS(C)=O)C1=O. The minimum atomic E-state index is -0.876. The van der Waals surface area contributed by atoms with Gasteiger partial charge in [0.15, 0.2) is 0 Å². The van der Waals surface area contributed by atoms with Crippen LogP contribution in [0.25, 0.3) is 0 Å². The molecule has 4 nitrogen and oxygen atoms in total. The van der Waals surface area contributed by atoms with Crippen molar-refractivity contribution in [2.75, 3.05) is 18.6 Å². The summed E-state index contributed by atoms with van der Waals surface area (Å²) < 4.78 is 11.3. The lowest BCUT2D eigenvalue weighted by Gasteiger charge is -2.22. The smallest absolute Gasteiger partial charge is 0.241 e. The Morgan fingerprint density at radius 3 is 2.75 bits per heavy atom. The van der Waals surface area contributed by atoms with Gasteiger partial charge >= 0.3 is 0 Å². The van der Waals surface area contributed by atoms with Gasteiger partial charge in [-0.25, -0.2) is 0 Å². The van der Waals surface area contributed by atoms with Gasteiger partial charge in [0.25, 0.3) is 0 Å². The molecule has 0 aromatic carbocycles. The summed E-state index contributed by atoms with van der Waals surface area (Å²) in [7, 11) is -0.876. The van der Waals surface area contributed by atoms with Crippen LogP contribution in [0.1, 0.15) is 35.7 Å². The van der Waals surface area contributed by atoms with Crippen LogP contribution in [0, 0.1) is 6.92 Å². The predicted molar refractivity (Wildman–Crippen MR) is 84.3 cm³/mol. The molecule has 1 aliphatic heterocycles. The van der Waals surface area contributed by atoms with E-state index in [0.29, 0.717) is 12.3 Å². The van der Waals surface area contributed by atoms with E-state index < -0.39 is 10.8 Å². The van der Waals surface area contributed by atoms with Crippen molar-refractivity contribution in [3.63, 3.8) is 0 Å². The molecule has 1 aromatic heterocycles. The quantitative estimate of drug-likeness (QED) is 0.874. The molecule has 1 N–H and O–H groups in total. The van der Waals surface area contributed by atoms with Crippen LogP contribution < -0.4 is 5.32 Å². The largest absolute Gasteiger partial charge is 0.320 e. The van der Waals surface area contributed by atoms with Gasteiger partial charge in [-0.3, -0.25) is 14.3 Å². The molecule has 0 radical (unpaired) electrons. The number of hydrogen-bond donors (Lipinski definition) is 1. The third-order valence-electron chi connectivity index (χ3n) is 3.48. The van der Waals surface area contributed by atoms with Gasteiger partial charge in [0.1, 0.15) is 6.17 Å². The van der Waals surface area contributed by atoms with Crippen LogP contribution in [0.2, 0.25) is 0 Å². The van der Waals surface area contributed by atoms with E-state index in [0.717, 1.165) is 17.7 Å². The minimum Gasteiger partial charge on any atom is -0.320 e. The molecule has 1 saturated heterocycles. The number of thiophene rings is 1. The molecule has 6 heteroatoms. The fourth-order valence-electron chi connectivity index (χ4n) is 2.48. The van der Waals surface area contributed by atoms with Crippen LogP contribution in [0.15, 0.2) is 12.1 Å². The van der Waals surface area contributed by atoms with Crippen LogP contribution in [-0.4, -0.2) is 39.6 Å². The van der Waals surface area contributed by atoms with Gasteiger partial charge in [-0.1, -0.05) is 13.3 Å². The van der Waals surface area contributed by atoms with Crippen molar-refractivity contribution in [3.05, 3.63) is 21.9 Å². The zero-order valence-corrected chi connectivity index (χ0v) is 13.9. The first-order chi connectivity index (χ1) is 9.52. The van der Waals surface area contributed by atoms with Gasteiger partial charge in [0.05, 0.1) is 6.04 Å². The van der Waals surface area contributed by atoms with Crippen molar-refractivity contribution in [3.8, 4) is 0 Å². The van der Waals surface area contributed by atoms with Crippen molar-refractivity contribution in [1.29, 1.82) is 0 Å². The van der Waals surface area contributed by atoms with E-state index in [-0.39, 0.29) is 18.1 Å². The molecule has 1 amide bonds. The van der Waals surface area contributed by atoms with E-state index >= 15 is 0 Å². The van der Waals surface area contributed by atoms with Gasteiger partial charge in [-0.05, 0) is 25.5 Å². The van der Waals surface area contributed by atoms with Crippen molar-refractivity contribution >= 4 is 28.0 Å². The topological polar surface area (TPSA) is 49.4 Å². The molecular weight excluding hydrogens is 292 g/mol. The summed E-state index contributed by atoms with van der Waals surface area (Å²) in [6.07, 6.45) is 3.46. The Bertz CT molecular complexity index is 501.